The summed E-state index contributed by atoms with van der Waals surface area (Å²) >= 11 is 0. The zero-order valence-corrected chi connectivity index (χ0v) is 16.3. The Hall–Kier alpha value is -1.08. The molecule has 2 atom stereocenters. The minimum absolute atomic E-state index is 0.675. The number of benzene rings is 1. The average Bonchev–Trinajstić information content (AvgIpc) is 2.93. The summed E-state index contributed by atoms with van der Waals surface area (Å²) in [6.07, 6.45) is 11.3. The maximum atomic E-state index is 2.62. The van der Waals surface area contributed by atoms with Gasteiger partial charge in [0.1, 0.15) is 0 Å². The third kappa shape index (κ3) is 3.30. The summed E-state index contributed by atoms with van der Waals surface area (Å²) in [6.45, 7) is 14.1. The van der Waals surface area contributed by atoms with Crippen LogP contribution in [0.15, 0.2) is 35.9 Å². The molecule has 0 heterocycles. The molecule has 0 aliphatic heterocycles. The number of unbranched alkanes of at least 4 members (excludes halogenated alkanes) is 1. The number of hydrogen-bond acceptors (Lipinski definition) is 0. The van der Waals surface area contributed by atoms with Crippen molar-refractivity contribution in [2.75, 3.05) is 0 Å². The van der Waals surface area contributed by atoms with Gasteiger partial charge in [0.15, 0.2) is 0 Å². The molecule has 0 N–H and O–H groups in total. The Morgan fingerprint density at radius 2 is 1.68 bits per heavy atom. The maximum Gasteiger partial charge on any atom is 0.0948 e. The molecule has 0 saturated carbocycles. The van der Waals surface area contributed by atoms with E-state index in [0.717, 1.165) is 6.42 Å². The van der Waals surface area contributed by atoms with Crippen molar-refractivity contribution in [3.8, 4) is 0 Å². The fourth-order valence-corrected chi connectivity index (χ4v) is 9.34. The van der Waals surface area contributed by atoms with Crippen LogP contribution in [0.5, 0.6) is 0 Å². The van der Waals surface area contributed by atoms with Gasteiger partial charge in [0.05, 0.1) is 8.07 Å². The predicted octanol–water partition coefficient (Wildman–Crippen LogP) is 5.97. The van der Waals surface area contributed by atoms with Gasteiger partial charge in [-0.15, -0.1) is 0 Å². The zero-order chi connectivity index (χ0) is 16.3. The van der Waals surface area contributed by atoms with Crippen LogP contribution in [-0.2, 0) is 0 Å². The van der Waals surface area contributed by atoms with Crippen LogP contribution in [0.2, 0.25) is 18.1 Å². The normalized spacial score (nSPS) is 20.1. The first-order valence-electron chi connectivity index (χ1n) is 8.89. The Morgan fingerprint density at radius 3 is 2.18 bits per heavy atom. The van der Waals surface area contributed by atoms with Gasteiger partial charge in [-0.2, -0.15) is 0 Å². The number of allylic oxidation sites excluding steroid dienone is 4. The molecular weight excluding hydrogens is 280 g/mol. The van der Waals surface area contributed by atoms with Crippen LogP contribution in [0.4, 0.5) is 0 Å². The second-order valence-electron chi connectivity index (χ2n) is 7.27. The quantitative estimate of drug-likeness (QED) is 0.567. The molecule has 0 fully saturated rings. The van der Waals surface area contributed by atoms with Gasteiger partial charge in [-0.05, 0) is 32.7 Å². The van der Waals surface area contributed by atoms with Gasteiger partial charge in [0.25, 0.3) is 0 Å². The summed E-state index contributed by atoms with van der Waals surface area (Å²) in [5.74, 6) is 0. The first-order chi connectivity index (χ1) is 10.4. The molecular formula is C21H32Si. The van der Waals surface area contributed by atoms with E-state index in [1.807, 2.05) is 0 Å². The Labute approximate surface area is 138 Å². The smallest absolute Gasteiger partial charge is 0.0797 e. The molecule has 0 amide bonds. The summed E-state index contributed by atoms with van der Waals surface area (Å²) < 4.78 is 0. The monoisotopic (exact) mass is 312 g/mol. The van der Waals surface area contributed by atoms with E-state index in [2.05, 4.69) is 71.5 Å². The van der Waals surface area contributed by atoms with Crippen LogP contribution in [-0.4, -0.2) is 8.07 Å². The lowest BCUT2D eigenvalue weighted by Gasteiger charge is -2.35. The van der Waals surface area contributed by atoms with Gasteiger partial charge in [-0.3, -0.25) is 0 Å². The SMILES string of the molecule is CCCC[Si](C)(c1c(C)cc(C)cc1C)C1C=CC(CC)=C1. The highest BCUT2D eigenvalue weighted by Crippen LogP contribution is 2.37. The summed E-state index contributed by atoms with van der Waals surface area (Å²) in [7, 11) is -1.55. The lowest BCUT2D eigenvalue weighted by atomic mass is 10.1. The number of hydrogen-bond donors (Lipinski definition) is 0. The van der Waals surface area contributed by atoms with Crippen molar-refractivity contribution in [1.82, 2.24) is 0 Å². The topological polar surface area (TPSA) is 0 Å². The molecule has 1 aliphatic rings. The van der Waals surface area contributed by atoms with E-state index in [-0.39, 0.29) is 0 Å². The van der Waals surface area contributed by atoms with Crippen LogP contribution >= 0.6 is 0 Å². The van der Waals surface area contributed by atoms with Crippen molar-refractivity contribution in [3.63, 3.8) is 0 Å². The summed E-state index contributed by atoms with van der Waals surface area (Å²) in [4.78, 5) is 0. The first kappa shape index (κ1) is 17.3. The van der Waals surface area contributed by atoms with E-state index in [0.29, 0.717) is 5.54 Å². The molecule has 0 aromatic heterocycles. The van der Waals surface area contributed by atoms with E-state index in [1.165, 1.54) is 41.1 Å². The van der Waals surface area contributed by atoms with Crippen LogP contribution in [0, 0.1) is 20.8 Å². The Kier molecular flexibility index (Phi) is 5.49. The fraction of sp³-hybridized carbons (Fsp3) is 0.524. The molecule has 22 heavy (non-hydrogen) atoms. The zero-order valence-electron chi connectivity index (χ0n) is 15.3. The average molecular weight is 313 g/mol. The van der Waals surface area contributed by atoms with Crippen molar-refractivity contribution in [2.24, 2.45) is 0 Å². The van der Waals surface area contributed by atoms with E-state index in [1.54, 1.807) is 5.19 Å². The van der Waals surface area contributed by atoms with Crippen molar-refractivity contribution in [1.29, 1.82) is 0 Å². The first-order valence-corrected chi connectivity index (χ1v) is 11.7. The Bertz CT molecular complexity index is 571. The maximum absolute atomic E-state index is 2.62. The third-order valence-electron chi connectivity index (χ3n) is 5.35. The third-order valence-corrected chi connectivity index (χ3v) is 10.5. The van der Waals surface area contributed by atoms with Gasteiger partial charge in [-0.1, -0.05) is 97.1 Å². The number of aryl methyl sites for hydroxylation is 3. The van der Waals surface area contributed by atoms with Gasteiger partial charge in [0.2, 0.25) is 0 Å². The van der Waals surface area contributed by atoms with Crippen molar-refractivity contribution < 1.29 is 0 Å². The van der Waals surface area contributed by atoms with E-state index in [9.17, 15) is 0 Å². The second-order valence-corrected chi connectivity index (χ2v) is 11.8. The molecule has 1 aromatic rings. The lowest BCUT2D eigenvalue weighted by molar-refractivity contribution is 0.863. The van der Waals surface area contributed by atoms with E-state index >= 15 is 0 Å². The standard InChI is InChI=1S/C21H32Si/c1-7-9-12-22(6,20-11-10-19(8-2)15-20)21-17(4)13-16(3)14-18(21)5/h10-11,13-15,20H,7-9,12H2,1-6H3. The van der Waals surface area contributed by atoms with Crippen molar-refractivity contribution in [2.45, 2.75) is 72.0 Å². The molecule has 0 radical (unpaired) electrons. The van der Waals surface area contributed by atoms with Gasteiger partial charge in [-0.25, -0.2) is 0 Å². The van der Waals surface area contributed by atoms with Gasteiger partial charge < -0.3 is 0 Å². The minimum atomic E-state index is -1.55. The van der Waals surface area contributed by atoms with Crippen LogP contribution < -0.4 is 5.19 Å². The van der Waals surface area contributed by atoms with Crippen molar-refractivity contribution >= 4 is 13.3 Å². The molecule has 120 valence electrons. The Morgan fingerprint density at radius 1 is 1.05 bits per heavy atom. The molecule has 1 aromatic carbocycles. The highest BCUT2D eigenvalue weighted by molar-refractivity contribution is 6.93. The van der Waals surface area contributed by atoms with Crippen molar-refractivity contribution in [3.05, 3.63) is 52.6 Å². The van der Waals surface area contributed by atoms with E-state index in [4.69, 9.17) is 0 Å². The fourth-order valence-electron chi connectivity index (χ4n) is 4.28. The molecule has 1 heteroatoms. The molecule has 1 aliphatic carbocycles. The predicted molar refractivity (Wildman–Crippen MR) is 103 cm³/mol. The van der Waals surface area contributed by atoms with Crippen LogP contribution in [0.1, 0.15) is 49.8 Å². The number of rotatable bonds is 6. The molecule has 0 nitrogen and oxygen atoms in total. The molecule has 0 spiro atoms. The summed E-state index contributed by atoms with van der Waals surface area (Å²) in [6, 6.07) is 6.18. The highest BCUT2D eigenvalue weighted by atomic mass is 28.3. The summed E-state index contributed by atoms with van der Waals surface area (Å²) in [5.41, 5.74) is 6.65. The van der Waals surface area contributed by atoms with Gasteiger partial charge in [0, 0.05) is 0 Å². The Balaban J connectivity index is 2.51. The van der Waals surface area contributed by atoms with Gasteiger partial charge >= 0.3 is 0 Å². The summed E-state index contributed by atoms with van der Waals surface area (Å²) in [5, 5.41) is 1.72. The van der Waals surface area contributed by atoms with Crippen LogP contribution in [0.3, 0.4) is 0 Å². The molecule has 0 saturated heterocycles. The van der Waals surface area contributed by atoms with E-state index < -0.39 is 8.07 Å². The molecule has 0 bridgehead atoms. The molecule has 2 unspecified atom stereocenters. The molecule has 2 rings (SSSR count). The van der Waals surface area contributed by atoms with Crippen LogP contribution in [0.25, 0.3) is 0 Å². The second kappa shape index (κ2) is 7.00. The minimum Gasteiger partial charge on any atom is -0.0797 e. The highest BCUT2D eigenvalue weighted by Gasteiger charge is 2.38. The largest absolute Gasteiger partial charge is 0.0948 e. The lowest BCUT2D eigenvalue weighted by Crippen LogP contribution is -2.50.